The standard InChI is InChI=1S/C13H14F3NO2/c14-13(15,16)8-10(12(18)19)7-11(17)6-9-4-2-1-3-5-9/h1-5,10,17H,6-8H2,(H,18,19). The molecule has 2 N–H and O–H groups in total. The molecule has 0 aliphatic rings. The molecule has 0 radical (unpaired) electrons. The highest BCUT2D eigenvalue weighted by Crippen LogP contribution is 2.27. The second-order valence-corrected chi connectivity index (χ2v) is 4.32. The lowest BCUT2D eigenvalue weighted by Crippen LogP contribution is -2.25. The minimum atomic E-state index is -4.53. The van der Waals surface area contributed by atoms with Crippen molar-refractivity contribution in [1.29, 1.82) is 5.41 Å². The van der Waals surface area contributed by atoms with Crippen LogP contribution in [-0.2, 0) is 11.2 Å². The Morgan fingerprint density at radius 2 is 1.84 bits per heavy atom. The minimum absolute atomic E-state index is 0.0112. The van der Waals surface area contributed by atoms with Crippen LogP contribution in [0.4, 0.5) is 13.2 Å². The fraction of sp³-hybridized carbons (Fsp3) is 0.385. The first-order chi connectivity index (χ1) is 8.78. The Balaban J connectivity index is 2.60. The van der Waals surface area contributed by atoms with Crippen molar-refractivity contribution in [1.82, 2.24) is 0 Å². The lowest BCUT2D eigenvalue weighted by atomic mass is 9.95. The molecule has 104 valence electrons. The Morgan fingerprint density at radius 3 is 2.32 bits per heavy atom. The van der Waals surface area contributed by atoms with Crippen LogP contribution >= 0.6 is 0 Å². The monoisotopic (exact) mass is 273 g/mol. The second kappa shape index (κ2) is 6.36. The van der Waals surface area contributed by atoms with Crippen LogP contribution in [0.1, 0.15) is 18.4 Å². The van der Waals surface area contributed by atoms with Crippen molar-refractivity contribution >= 4 is 11.7 Å². The van der Waals surface area contributed by atoms with Crippen LogP contribution in [-0.4, -0.2) is 23.0 Å². The van der Waals surface area contributed by atoms with Gasteiger partial charge < -0.3 is 10.5 Å². The molecule has 1 unspecified atom stereocenters. The van der Waals surface area contributed by atoms with Gasteiger partial charge in [-0.15, -0.1) is 0 Å². The van der Waals surface area contributed by atoms with E-state index in [0.29, 0.717) is 0 Å². The van der Waals surface area contributed by atoms with E-state index in [-0.39, 0.29) is 18.6 Å². The molecule has 0 aromatic heterocycles. The zero-order valence-electron chi connectivity index (χ0n) is 10.1. The summed E-state index contributed by atoms with van der Waals surface area (Å²) < 4.78 is 36.6. The molecule has 0 saturated carbocycles. The molecule has 0 fully saturated rings. The number of nitrogens with one attached hydrogen (secondary N) is 1. The first kappa shape index (κ1) is 15.2. The second-order valence-electron chi connectivity index (χ2n) is 4.32. The number of benzene rings is 1. The molecular weight excluding hydrogens is 259 g/mol. The number of carbonyl (C=O) groups is 1. The van der Waals surface area contributed by atoms with E-state index in [0.717, 1.165) is 5.56 Å². The first-order valence-corrected chi connectivity index (χ1v) is 5.67. The molecule has 1 aromatic carbocycles. The average Bonchev–Trinajstić information content (AvgIpc) is 2.27. The van der Waals surface area contributed by atoms with Crippen molar-refractivity contribution in [2.24, 2.45) is 5.92 Å². The quantitative estimate of drug-likeness (QED) is 0.781. The number of hydrogen-bond acceptors (Lipinski definition) is 2. The number of alkyl halides is 3. The molecule has 1 atom stereocenters. The van der Waals surface area contributed by atoms with Crippen molar-refractivity contribution in [3.05, 3.63) is 35.9 Å². The molecule has 3 nitrogen and oxygen atoms in total. The van der Waals surface area contributed by atoms with E-state index in [2.05, 4.69) is 0 Å². The van der Waals surface area contributed by atoms with Gasteiger partial charge in [-0.1, -0.05) is 30.3 Å². The maximum absolute atomic E-state index is 12.2. The van der Waals surface area contributed by atoms with Crippen LogP contribution in [0.5, 0.6) is 0 Å². The van der Waals surface area contributed by atoms with Crippen LogP contribution in [0.25, 0.3) is 0 Å². The molecule has 0 aliphatic carbocycles. The summed E-state index contributed by atoms with van der Waals surface area (Å²) in [4.78, 5) is 10.8. The molecule has 1 rings (SSSR count). The molecule has 0 amide bonds. The van der Waals surface area contributed by atoms with Crippen molar-refractivity contribution in [3.63, 3.8) is 0 Å². The molecular formula is C13H14F3NO2. The van der Waals surface area contributed by atoms with Crippen LogP contribution in [0, 0.1) is 11.3 Å². The highest BCUT2D eigenvalue weighted by atomic mass is 19.4. The topological polar surface area (TPSA) is 61.2 Å². The van der Waals surface area contributed by atoms with E-state index in [1.165, 1.54) is 0 Å². The van der Waals surface area contributed by atoms with Gasteiger partial charge in [0.05, 0.1) is 12.3 Å². The maximum Gasteiger partial charge on any atom is 0.389 e. The number of carboxylic acids is 1. The van der Waals surface area contributed by atoms with Gasteiger partial charge >= 0.3 is 12.1 Å². The SMILES string of the molecule is N=C(Cc1ccccc1)CC(CC(F)(F)F)C(=O)O. The highest BCUT2D eigenvalue weighted by Gasteiger charge is 2.35. The fourth-order valence-corrected chi connectivity index (χ4v) is 1.74. The largest absolute Gasteiger partial charge is 0.481 e. The van der Waals surface area contributed by atoms with Crippen LogP contribution < -0.4 is 0 Å². The van der Waals surface area contributed by atoms with Crippen LogP contribution in [0.2, 0.25) is 0 Å². The minimum Gasteiger partial charge on any atom is -0.481 e. The summed E-state index contributed by atoms with van der Waals surface area (Å²) in [6.45, 7) is 0. The Hall–Kier alpha value is -1.85. The molecule has 0 spiro atoms. The van der Waals surface area contributed by atoms with Gasteiger partial charge in [0.15, 0.2) is 0 Å². The first-order valence-electron chi connectivity index (χ1n) is 5.67. The Kier molecular flexibility index (Phi) is 5.09. The summed E-state index contributed by atoms with van der Waals surface area (Å²) >= 11 is 0. The number of aliphatic carboxylic acids is 1. The van der Waals surface area contributed by atoms with Gasteiger partial charge in [-0.05, 0) is 12.0 Å². The summed E-state index contributed by atoms with van der Waals surface area (Å²) in [6.07, 6.45) is -6.15. The van der Waals surface area contributed by atoms with Gasteiger partial charge in [-0.3, -0.25) is 4.79 Å². The van der Waals surface area contributed by atoms with E-state index in [4.69, 9.17) is 10.5 Å². The van der Waals surface area contributed by atoms with Crippen molar-refractivity contribution in [3.8, 4) is 0 Å². The zero-order chi connectivity index (χ0) is 14.5. The smallest absolute Gasteiger partial charge is 0.389 e. The Morgan fingerprint density at radius 1 is 1.26 bits per heavy atom. The third-order valence-electron chi connectivity index (χ3n) is 2.58. The third-order valence-corrected chi connectivity index (χ3v) is 2.58. The normalized spacial score (nSPS) is 13.0. The van der Waals surface area contributed by atoms with Crippen molar-refractivity contribution in [2.75, 3.05) is 0 Å². The predicted molar refractivity (Wildman–Crippen MR) is 64.3 cm³/mol. The summed E-state index contributed by atoms with van der Waals surface area (Å²) in [5, 5.41) is 16.4. The van der Waals surface area contributed by atoms with Crippen molar-refractivity contribution in [2.45, 2.75) is 25.4 Å². The predicted octanol–water partition coefficient (Wildman–Crippen LogP) is 3.29. The third kappa shape index (κ3) is 6.03. The molecule has 1 aromatic rings. The van der Waals surface area contributed by atoms with Gasteiger partial charge in [0, 0.05) is 12.1 Å². The number of hydrogen-bond donors (Lipinski definition) is 2. The van der Waals surface area contributed by atoms with Gasteiger partial charge in [0.25, 0.3) is 0 Å². The van der Waals surface area contributed by atoms with Gasteiger partial charge in [-0.25, -0.2) is 0 Å². The fourth-order valence-electron chi connectivity index (χ4n) is 1.74. The molecule has 0 saturated heterocycles. The van der Waals surface area contributed by atoms with Crippen LogP contribution in [0.15, 0.2) is 30.3 Å². The molecule has 0 bridgehead atoms. The maximum atomic E-state index is 12.2. The summed E-state index contributed by atoms with van der Waals surface area (Å²) in [6, 6.07) is 8.79. The highest BCUT2D eigenvalue weighted by molar-refractivity contribution is 5.87. The van der Waals surface area contributed by atoms with Gasteiger partial charge in [-0.2, -0.15) is 13.2 Å². The molecule has 19 heavy (non-hydrogen) atoms. The number of halogens is 3. The zero-order valence-corrected chi connectivity index (χ0v) is 10.1. The lowest BCUT2D eigenvalue weighted by molar-refractivity contribution is -0.163. The van der Waals surface area contributed by atoms with Gasteiger partial charge in [0.2, 0.25) is 0 Å². The molecule has 0 heterocycles. The Bertz CT molecular complexity index is 443. The summed E-state index contributed by atoms with van der Waals surface area (Å²) in [5.41, 5.74) is 0.770. The van der Waals surface area contributed by atoms with E-state index in [9.17, 15) is 18.0 Å². The number of rotatable bonds is 6. The Labute approximate surface area is 108 Å². The van der Waals surface area contributed by atoms with Crippen molar-refractivity contribution < 1.29 is 23.1 Å². The van der Waals surface area contributed by atoms with E-state index in [1.54, 1.807) is 30.3 Å². The summed E-state index contributed by atoms with van der Waals surface area (Å²) in [7, 11) is 0. The van der Waals surface area contributed by atoms with E-state index >= 15 is 0 Å². The lowest BCUT2D eigenvalue weighted by Gasteiger charge is -2.15. The number of carboxylic acid groups (broad SMARTS) is 1. The van der Waals surface area contributed by atoms with E-state index < -0.39 is 24.5 Å². The van der Waals surface area contributed by atoms with E-state index in [1.807, 2.05) is 0 Å². The average molecular weight is 273 g/mol. The summed E-state index contributed by atoms with van der Waals surface area (Å²) in [5.74, 6) is -3.11. The molecule has 6 heteroatoms. The van der Waals surface area contributed by atoms with Crippen LogP contribution in [0.3, 0.4) is 0 Å². The molecule has 0 aliphatic heterocycles. The van der Waals surface area contributed by atoms with Gasteiger partial charge in [0.1, 0.15) is 0 Å².